The van der Waals surface area contributed by atoms with Gasteiger partial charge in [-0.2, -0.15) is 0 Å². The van der Waals surface area contributed by atoms with Crippen LogP contribution >= 0.6 is 0 Å². The molecule has 110 valence electrons. The number of fused-ring (bicyclic) bond motifs is 1. The van der Waals surface area contributed by atoms with Crippen LogP contribution in [0, 0.1) is 6.92 Å². The third kappa shape index (κ3) is 2.31. The molecule has 0 amide bonds. The Bertz CT molecular complexity index is 772. The highest BCUT2D eigenvalue weighted by atomic mass is 32.2. The minimum Gasteiger partial charge on any atom is -0.303 e. The standard InChI is InChI=1S/C16H17NO3S/c1-12-5-7-14(8-6-12)21(19,20)17-10-9-15-13(11-18)3-2-4-16(15)17/h5-11,13H,2-4H2,1H3. The van der Waals surface area contributed by atoms with E-state index in [0.29, 0.717) is 6.42 Å². The summed E-state index contributed by atoms with van der Waals surface area (Å²) >= 11 is 0. The lowest BCUT2D eigenvalue weighted by atomic mass is 9.88. The van der Waals surface area contributed by atoms with E-state index in [4.69, 9.17) is 0 Å². The Morgan fingerprint density at radius 2 is 1.90 bits per heavy atom. The normalized spacial score (nSPS) is 18.2. The maximum Gasteiger partial charge on any atom is 0.267 e. The molecule has 0 radical (unpaired) electrons. The van der Waals surface area contributed by atoms with Crippen LogP contribution in [0.3, 0.4) is 0 Å². The van der Waals surface area contributed by atoms with Gasteiger partial charge < -0.3 is 4.79 Å². The van der Waals surface area contributed by atoms with Gasteiger partial charge >= 0.3 is 0 Å². The third-order valence-corrected chi connectivity index (χ3v) is 5.79. The van der Waals surface area contributed by atoms with Crippen LogP contribution in [0.2, 0.25) is 0 Å². The summed E-state index contributed by atoms with van der Waals surface area (Å²) in [6.45, 7) is 1.92. The average molecular weight is 303 g/mol. The molecule has 2 aromatic rings. The Morgan fingerprint density at radius 1 is 1.19 bits per heavy atom. The molecule has 1 aromatic heterocycles. The Hall–Kier alpha value is -1.88. The molecule has 21 heavy (non-hydrogen) atoms. The van der Waals surface area contributed by atoms with Crippen molar-refractivity contribution in [2.75, 3.05) is 0 Å². The molecule has 1 aliphatic carbocycles. The van der Waals surface area contributed by atoms with Gasteiger partial charge in [0.2, 0.25) is 0 Å². The lowest BCUT2D eigenvalue weighted by molar-refractivity contribution is -0.109. The van der Waals surface area contributed by atoms with Gasteiger partial charge in [-0.15, -0.1) is 0 Å². The number of carbonyl (C=O) groups is 1. The quantitative estimate of drug-likeness (QED) is 0.819. The molecule has 4 nitrogen and oxygen atoms in total. The predicted molar refractivity (Wildman–Crippen MR) is 79.9 cm³/mol. The van der Waals surface area contributed by atoms with Crippen LogP contribution < -0.4 is 0 Å². The van der Waals surface area contributed by atoms with E-state index >= 15 is 0 Å². The van der Waals surface area contributed by atoms with Crippen LogP contribution in [-0.2, 0) is 21.2 Å². The van der Waals surface area contributed by atoms with Gasteiger partial charge in [-0.1, -0.05) is 17.7 Å². The van der Waals surface area contributed by atoms with Crippen molar-refractivity contribution in [1.29, 1.82) is 0 Å². The molecule has 1 heterocycles. The second-order valence-electron chi connectivity index (χ2n) is 5.47. The molecule has 0 aliphatic heterocycles. The van der Waals surface area contributed by atoms with Crippen molar-refractivity contribution in [1.82, 2.24) is 3.97 Å². The molecule has 1 atom stereocenters. The largest absolute Gasteiger partial charge is 0.303 e. The molecule has 0 spiro atoms. The zero-order valence-electron chi connectivity index (χ0n) is 11.8. The second-order valence-corrected chi connectivity index (χ2v) is 7.28. The lowest BCUT2D eigenvalue weighted by Gasteiger charge is -2.20. The van der Waals surface area contributed by atoms with E-state index in [1.165, 1.54) is 3.97 Å². The Labute approximate surface area is 124 Å². The highest BCUT2D eigenvalue weighted by Gasteiger charge is 2.27. The summed E-state index contributed by atoms with van der Waals surface area (Å²) in [5.74, 6) is -0.178. The van der Waals surface area contributed by atoms with Gasteiger partial charge in [0.25, 0.3) is 10.0 Å². The first kappa shape index (κ1) is 14.1. The van der Waals surface area contributed by atoms with Crippen molar-refractivity contribution in [2.24, 2.45) is 0 Å². The van der Waals surface area contributed by atoms with Crippen molar-refractivity contribution in [3.05, 3.63) is 53.3 Å². The van der Waals surface area contributed by atoms with Crippen molar-refractivity contribution in [3.63, 3.8) is 0 Å². The number of hydrogen-bond acceptors (Lipinski definition) is 3. The zero-order valence-corrected chi connectivity index (χ0v) is 12.6. The van der Waals surface area contributed by atoms with Gasteiger partial charge in [0.1, 0.15) is 6.29 Å². The van der Waals surface area contributed by atoms with Gasteiger partial charge in [-0.05, 0) is 49.9 Å². The van der Waals surface area contributed by atoms with Crippen LogP contribution in [-0.4, -0.2) is 18.7 Å². The molecule has 1 unspecified atom stereocenters. The Balaban J connectivity index is 2.10. The maximum absolute atomic E-state index is 12.7. The summed E-state index contributed by atoms with van der Waals surface area (Å²) in [4.78, 5) is 11.4. The number of aromatic nitrogens is 1. The van der Waals surface area contributed by atoms with Gasteiger partial charge in [0.15, 0.2) is 0 Å². The first-order chi connectivity index (χ1) is 10.0. The maximum atomic E-state index is 12.7. The van der Waals surface area contributed by atoms with E-state index in [1.54, 1.807) is 36.5 Å². The minimum absolute atomic E-state index is 0.178. The van der Waals surface area contributed by atoms with Crippen molar-refractivity contribution < 1.29 is 13.2 Å². The minimum atomic E-state index is -3.58. The fraction of sp³-hybridized carbons (Fsp3) is 0.312. The van der Waals surface area contributed by atoms with Crippen LogP contribution in [0.4, 0.5) is 0 Å². The molecule has 0 fully saturated rings. The van der Waals surface area contributed by atoms with Crippen molar-refractivity contribution >= 4 is 16.3 Å². The summed E-state index contributed by atoms with van der Waals surface area (Å²) < 4.78 is 26.8. The van der Waals surface area contributed by atoms with Crippen molar-refractivity contribution in [3.8, 4) is 0 Å². The number of benzene rings is 1. The fourth-order valence-electron chi connectivity index (χ4n) is 2.89. The molecule has 1 aliphatic rings. The third-order valence-electron chi connectivity index (χ3n) is 4.06. The van der Waals surface area contributed by atoms with E-state index < -0.39 is 10.0 Å². The average Bonchev–Trinajstić information content (AvgIpc) is 2.92. The molecule has 0 N–H and O–H groups in total. The van der Waals surface area contributed by atoms with E-state index in [9.17, 15) is 13.2 Å². The number of hydrogen-bond donors (Lipinski definition) is 0. The highest BCUT2D eigenvalue weighted by molar-refractivity contribution is 7.90. The molecule has 0 saturated carbocycles. The first-order valence-corrected chi connectivity index (χ1v) is 8.45. The molecular weight excluding hydrogens is 286 g/mol. The smallest absolute Gasteiger partial charge is 0.267 e. The molecule has 0 bridgehead atoms. The van der Waals surface area contributed by atoms with Crippen LogP contribution in [0.15, 0.2) is 41.4 Å². The molecule has 0 saturated heterocycles. The summed E-state index contributed by atoms with van der Waals surface area (Å²) in [5, 5.41) is 0. The monoisotopic (exact) mass is 303 g/mol. The van der Waals surface area contributed by atoms with Gasteiger partial charge in [-0.3, -0.25) is 0 Å². The second kappa shape index (κ2) is 5.15. The van der Waals surface area contributed by atoms with Crippen LogP contribution in [0.1, 0.15) is 35.6 Å². The summed E-state index contributed by atoms with van der Waals surface area (Å²) in [6, 6.07) is 8.58. The molecule has 1 aromatic carbocycles. The van der Waals surface area contributed by atoms with E-state index in [1.807, 2.05) is 6.92 Å². The molecular formula is C16H17NO3S. The number of aldehydes is 1. The van der Waals surface area contributed by atoms with Gasteiger partial charge in [0, 0.05) is 17.8 Å². The number of carbonyl (C=O) groups excluding carboxylic acids is 1. The number of rotatable bonds is 3. The van der Waals surface area contributed by atoms with Crippen LogP contribution in [0.25, 0.3) is 0 Å². The first-order valence-electron chi connectivity index (χ1n) is 7.01. The zero-order chi connectivity index (χ0) is 15.0. The predicted octanol–water partition coefficient (Wildman–Crippen LogP) is 2.65. The number of aryl methyl sites for hydroxylation is 1. The van der Waals surface area contributed by atoms with Crippen molar-refractivity contribution in [2.45, 2.75) is 37.0 Å². The Kier molecular flexibility index (Phi) is 3.45. The highest BCUT2D eigenvalue weighted by Crippen LogP contribution is 2.32. The summed E-state index contributed by atoms with van der Waals surface area (Å²) in [5.41, 5.74) is 2.62. The SMILES string of the molecule is Cc1ccc(S(=O)(=O)n2ccc3c2CCCC3C=O)cc1. The fourth-order valence-corrected chi connectivity index (χ4v) is 4.30. The lowest BCUT2D eigenvalue weighted by Crippen LogP contribution is -2.19. The van der Waals surface area contributed by atoms with E-state index in [0.717, 1.165) is 35.9 Å². The van der Waals surface area contributed by atoms with Gasteiger partial charge in [-0.25, -0.2) is 12.4 Å². The van der Waals surface area contributed by atoms with E-state index in [-0.39, 0.29) is 10.8 Å². The Morgan fingerprint density at radius 3 is 2.57 bits per heavy atom. The van der Waals surface area contributed by atoms with E-state index in [2.05, 4.69) is 0 Å². The molecule has 3 rings (SSSR count). The summed E-state index contributed by atoms with van der Waals surface area (Å²) in [6.07, 6.45) is 4.81. The topological polar surface area (TPSA) is 56.1 Å². The molecule has 5 heteroatoms. The van der Waals surface area contributed by atoms with Crippen LogP contribution in [0.5, 0.6) is 0 Å². The van der Waals surface area contributed by atoms with Gasteiger partial charge in [0.05, 0.1) is 4.90 Å². The summed E-state index contributed by atoms with van der Waals surface area (Å²) in [7, 11) is -3.58. The number of nitrogens with zero attached hydrogens (tertiary/aromatic N) is 1.